The molecule has 6 nitrogen and oxygen atoms in total. The first-order valence-corrected chi connectivity index (χ1v) is 12.4. The van der Waals surface area contributed by atoms with Gasteiger partial charge in [0.25, 0.3) is 0 Å². The second-order valence-electron chi connectivity index (χ2n) is 8.77. The van der Waals surface area contributed by atoms with Crippen LogP contribution in [-0.4, -0.2) is 30.7 Å². The van der Waals surface area contributed by atoms with Crippen LogP contribution in [0, 0.1) is 0 Å². The molecular weight excluding hydrogens is 481 g/mol. The van der Waals surface area contributed by atoms with E-state index in [1.54, 1.807) is 12.1 Å². The summed E-state index contributed by atoms with van der Waals surface area (Å²) >= 11 is 0. The maximum Gasteiger partial charge on any atom is 0.573 e. The number of sulfonamides is 1. The molecule has 0 saturated carbocycles. The zero-order valence-corrected chi connectivity index (χ0v) is 19.9. The standard InChI is InChI=1S/C25H23F3N2O4S/c1-24(2,18-12-21(31)15-22(13-18)34-25(26,27)28)17-5-4-6-20(11-17)30-10-9-16-7-8-19(14-23(16)30)29-35(3,32)33/h4-15,29,31H,1-3H3. The Bertz CT molecular complexity index is 1510. The Balaban J connectivity index is 1.75. The number of rotatable bonds is 6. The molecule has 0 radical (unpaired) electrons. The van der Waals surface area contributed by atoms with Gasteiger partial charge in [0.2, 0.25) is 10.0 Å². The zero-order valence-electron chi connectivity index (χ0n) is 19.1. The van der Waals surface area contributed by atoms with Crippen LogP contribution in [0.1, 0.15) is 25.0 Å². The average molecular weight is 505 g/mol. The summed E-state index contributed by atoms with van der Waals surface area (Å²) in [5.41, 5.74) is 2.40. The van der Waals surface area contributed by atoms with Gasteiger partial charge in [0, 0.05) is 28.8 Å². The van der Waals surface area contributed by atoms with Crippen LogP contribution in [0.15, 0.2) is 72.9 Å². The number of phenols is 1. The maximum absolute atomic E-state index is 12.7. The first-order chi connectivity index (χ1) is 16.2. The van der Waals surface area contributed by atoms with Gasteiger partial charge >= 0.3 is 6.36 Å². The third-order valence-corrected chi connectivity index (χ3v) is 6.30. The fourth-order valence-corrected chi connectivity index (χ4v) is 4.53. The van der Waals surface area contributed by atoms with Crippen molar-refractivity contribution < 1.29 is 31.4 Å². The van der Waals surface area contributed by atoms with Crippen molar-refractivity contribution in [3.63, 3.8) is 0 Å². The average Bonchev–Trinajstić information content (AvgIpc) is 3.14. The lowest BCUT2D eigenvalue weighted by molar-refractivity contribution is -0.274. The summed E-state index contributed by atoms with van der Waals surface area (Å²) < 4.78 is 69.9. The van der Waals surface area contributed by atoms with Gasteiger partial charge in [-0.15, -0.1) is 13.2 Å². The highest BCUT2D eigenvalue weighted by Crippen LogP contribution is 2.38. The van der Waals surface area contributed by atoms with E-state index in [1.807, 2.05) is 61.0 Å². The summed E-state index contributed by atoms with van der Waals surface area (Å²) in [5, 5.41) is 10.9. The minimum atomic E-state index is -4.88. The molecule has 0 bridgehead atoms. The summed E-state index contributed by atoms with van der Waals surface area (Å²) in [6.07, 6.45) is -1.95. The molecule has 1 heterocycles. The Kier molecular flexibility index (Phi) is 5.96. The molecule has 184 valence electrons. The summed E-state index contributed by atoms with van der Waals surface area (Å²) in [5.74, 6) is -0.840. The lowest BCUT2D eigenvalue weighted by Crippen LogP contribution is -2.21. The van der Waals surface area contributed by atoms with E-state index in [0.29, 0.717) is 11.3 Å². The van der Waals surface area contributed by atoms with E-state index in [1.165, 1.54) is 12.1 Å². The Morgan fingerprint density at radius 3 is 2.37 bits per heavy atom. The normalized spacial score (nSPS) is 12.6. The number of alkyl halides is 3. The first kappa shape index (κ1) is 24.5. The number of aromatic nitrogens is 1. The van der Waals surface area contributed by atoms with Crippen molar-refractivity contribution in [2.24, 2.45) is 0 Å². The van der Waals surface area contributed by atoms with Crippen molar-refractivity contribution in [1.82, 2.24) is 4.57 Å². The number of nitrogens with one attached hydrogen (secondary N) is 1. The lowest BCUT2D eigenvalue weighted by Gasteiger charge is -2.27. The van der Waals surface area contributed by atoms with Gasteiger partial charge in [-0.3, -0.25) is 4.72 Å². The van der Waals surface area contributed by atoms with Crippen molar-refractivity contribution in [3.05, 3.63) is 84.1 Å². The molecule has 0 aliphatic rings. The number of phenolic OH excluding ortho intramolecular Hbond substituents is 1. The maximum atomic E-state index is 12.7. The monoisotopic (exact) mass is 504 g/mol. The van der Waals surface area contributed by atoms with E-state index < -0.39 is 27.6 Å². The zero-order chi connectivity index (χ0) is 25.6. The van der Waals surface area contributed by atoms with Crippen LogP contribution >= 0.6 is 0 Å². The number of nitrogens with zero attached hydrogens (tertiary/aromatic N) is 1. The van der Waals surface area contributed by atoms with Crippen LogP contribution in [0.4, 0.5) is 18.9 Å². The number of fused-ring (bicyclic) bond motifs is 1. The fraction of sp³-hybridized carbons (Fsp3) is 0.200. The minimum Gasteiger partial charge on any atom is -0.508 e. The number of anilines is 1. The topological polar surface area (TPSA) is 80.6 Å². The van der Waals surface area contributed by atoms with Crippen LogP contribution < -0.4 is 9.46 Å². The van der Waals surface area contributed by atoms with E-state index in [0.717, 1.165) is 34.5 Å². The molecule has 2 N–H and O–H groups in total. The van der Waals surface area contributed by atoms with Gasteiger partial charge in [-0.25, -0.2) is 8.42 Å². The molecule has 0 fully saturated rings. The predicted molar refractivity (Wildman–Crippen MR) is 129 cm³/mol. The quantitative estimate of drug-likeness (QED) is 0.341. The highest BCUT2D eigenvalue weighted by atomic mass is 32.2. The van der Waals surface area contributed by atoms with Crippen molar-refractivity contribution >= 4 is 26.6 Å². The third kappa shape index (κ3) is 5.54. The van der Waals surface area contributed by atoms with Crippen LogP contribution in [-0.2, 0) is 15.4 Å². The Hall–Kier alpha value is -3.66. The molecule has 0 atom stereocenters. The van der Waals surface area contributed by atoms with Gasteiger partial charge in [-0.1, -0.05) is 32.0 Å². The number of aromatic hydroxyl groups is 1. The number of ether oxygens (including phenoxy) is 1. The molecule has 0 aliphatic heterocycles. The highest BCUT2D eigenvalue weighted by Gasteiger charge is 2.32. The van der Waals surface area contributed by atoms with Crippen molar-refractivity contribution in [2.75, 3.05) is 11.0 Å². The van der Waals surface area contributed by atoms with Crippen LogP contribution in [0.2, 0.25) is 0 Å². The molecule has 1 aromatic heterocycles. The smallest absolute Gasteiger partial charge is 0.508 e. The molecular formula is C25H23F3N2O4S. The van der Waals surface area contributed by atoms with E-state index in [9.17, 15) is 26.7 Å². The first-order valence-electron chi connectivity index (χ1n) is 10.5. The number of hydrogen-bond acceptors (Lipinski definition) is 4. The summed E-state index contributed by atoms with van der Waals surface area (Å²) in [7, 11) is -3.44. The van der Waals surface area contributed by atoms with Gasteiger partial charge in [-0.05, 0) is 53.6 Å². The summed E-state index contributed by atoms with van der Waals surface area (Å²) in [4.78, 5) is 0. The molecule has 4 rings (SSSR count). The van der Waals surface area contributed by atoms with Crippen molar-refractivity contribution in [2.45, 2.75) is 25.6 Å². The van der Waals surface area contributed by atoms with Crippen molar-refractivity contribution in [1.29, 1.82) is 0 Å². The molecule has 0 aliphatic carbocycles. The summed E-state index contributed by atoms with van der Waals surface area (Å²) in [6.45, 7) is 3.67. The molecule has 35 heavy (non-hydrogen) atoms. The van der Waals surface area contributed by atoms with Crippen LogP contribution in [0.5, 0.6) is 11.5 Å². The van der Waals surface area contributed by atoms with Crippen LogP contribution in [0.3, 0.4) is 0 Å². The van der Waals surface area contributed by atoms with Crippen molar-refractivity contribution in [3.8, 4) is 17.2 Å². The van der Waals surface area contributed by atoms with Gasteiger partial charge in [0.1, 0.15) is 11.5 Å². The molecule has 3 aromatic carbocycles. The van der Waals surface area contributed by atoms with Gasteiger partial charge in [-0.2, -0.15) is 0 Å². The molecule has 0 spiro atoms. The van der Waals surface area contributed by atoms with E-state index in [-0.39, 0.29) is 5.75 Å². The SMILES string of the molecule is CC(C)(c1cc(O)cc(OC(F)(F)F)c1)c1cccc(-n2ccc3ccc(NS(C)(=O)=O)cc32)c1. The van der Waals surface area contributed by atoms with E-state index >= 15 is 0 Å². The fourth-order valence-electron chi connectivity index (χ4n) is 3.98. The number of hydrogen-bond donors (Lipinski definition) is 2. The second-order valence-corrected chi connectivity index (χ2v) is 10.5. The van der Waals surface area contributed by atoms with Crippen LogP contribution in [0.25, 0.3) is 16.6 Å². The largest absolute Gasteiger partial charge is 0.573 e. The van der Waals surface area contributed by atoms with E-state index in [4.69, 9.17) is 0 Å². The molecule has 0 amide bonds. The third-order valence-electron chi connectivity index (χ3n) is 5.69. The van der Waals surface area contributed by atoms with Gasteiger partial charge < -0.3 is 14.4 Å². The molecule has 10 heteroatoms. The highest BCUT2D eigenvalue weighted by molar-refractivity contribution is 7.92. The molecule has 0 saturated heterocycles. The molecule has 4 aromatic rings. The number of benzene rings is 3. The summed E-state index contributed by atoms with van der Waals surface area (Å²) in [6, 6.07) is 18.1. The Morgan fingerprint density at radius 2 is 1.69 bits per heavy atom. The number of halogens is 3. The van der Waals surface area contributed by atoms with Gasteiger partial charge in [0.15, 0.2) is 0 Å². The predicted octanol–water partition coefficient (Wildman–Crippen LogP) is 5.93. The molecule has 0 unspecified atom stereocenters. The Morgan fingerprint density at radius 1 is 0.943 bits per heavy atom. The van der Waals surface area contributed by atoms with E-state index in [2.05, 4.69) is 9.46 Å². The lowest BCUT2D eigenvalue weighted by atomic mass is 9.78. The Labute approximate surface area is 200 Å². The minimum absolute atomic E-state index is 0.340. The second kappa shape index (κ2) is 8.53. The van der Waals surface area contributed by atoms with Gasteiger partial charge in [0.05, 0.1) is 17.5 Å².